The summed E-state index contributed by atoms with van der Waals surface area (Å²) in [4.78, 5) is 12.3. The molecule has 0 aliphatic rings. The zero-order valence-electron chi connectivity index (χ0n) is 12.6. The molecule has 134 valence electrons. The number of fused-ring (bicyclic) bond motifs is 1. The summed E-state index contributed by atoms with van der Waals surface area (Å²) in [5, 5.41) is 5.49. The first kappa shape index (κ1) is 16.8. The van der Waals surface area contributed by atoms with Crippen LogP contribution >= 0.6 is 22.9 Å². The van der Waals surface area contributed by atoms with Crippen LogP contribution in [0.5, 0.6) is 5.88 Å². The van der Waals surface area contributed by atoms with Crippen LogP contribution in [0.3, 0.4) is 0 Å². The topological polar surface area (TPSA) is 78.3 Å². The van der Waals surface area contributed by atoms with Crippen molar-refractivity contribution in [3.8, 4) is 17.3 Å². The Labute approximate surface area is 152 Å². The first-order valence-corrected chi connectivity index (χ1v) is 8.27. The molecule has 4 rings (SSSR count). The third kappa shape index (κ3) is 3.10. The van der Waals surface area contributed by atoms with E-state index in [9.17, 15) is 13.2 Å². The number of pyridine rings is 1. The second kappa shape index (κ2) is 6.25. The molecule has 26 heavy (non-hydrogen) atoms. The van der Waals surface area contributed by atoms with Crippen molar-refractivity contribution in [2.45, 2.75) is 12.8 Å². The molecule has 0 saturated heterocycles. The lowest BCUT2D eigenvalue weighted by molar-refractivity contribution is -0.159. The molecule has 4 heterocycles. The minimum absolute atomic E-state index is 0.0766. The van der Waals surface area contributed by atoms with Crippen LogP contribution in [-0.2, 0) is 12.8 Å². The van der Waals surface area contributed by atoms with Crippen LogP contribution in [0.2, 0.25) is 5.15 Å². The largest absolute Gasteiger partial charge is 0.471 e. The van der Waals surface area contributed by atoms with Gasteiger partial charge in [0.05, 0.1) is 5.69 Å². The van der Waals surface area contributed by atoms with Gasteiger partial charge in [-0.25, -0.2) is 9.97 Å². The maximum atomic E-state index is 12.6. The predicted molar refractivity (Wildman–Crippen MR) is 84.9 cm³/mol. The van der Waals surface area contributed by atoms with Gasteiger partial charge in [0.25, 0.3) is 0 Å². The maximum Gasteiger partial charge on any atom is 0.471 e. The molecule has 0 aliphatic carbocycles. The molecule has 0 N–H and O–H groups in total. The highest BCUT2D eigenvalue weighted by Crippen LogP contribution is 2.30. The third-order valence-corrected chi connectivity index (χ3v) is 4.39. The fraction of sp³-hybridized carbons (Fsp3) is 0.143. The molecule has 0 radical (unpaired) electrons. The molecule has 0 atom stereocenters. The Morgan fingerprint density at radius 3 is 2.92 bits per heavy atom. The molecule has 0 spiro atoms. The van der Waals surface area contributed by atoms with E-state index >= 15 is 0 Å². The van der Waals surface area contributed by atoms with Gasteiger partial charge in [0.2, 0.25) is 11.7 Å². The van der Waals surface area contributed by atoms with Gasteiger partial charge in [-0.1, -0.05) is 16.8 Å². The van der Waals surface area contributed by atoms with E-state index in [1.165, 1.54) is 29.7 Å². The predicted octanol–water partition coefficient (Wildman–Crippen LogP) is 4.09. The van der Waals surface area contributed by atoms with Crippen molar-refractivity contribution in [3.05, 3.63) is 46.6 Å². The first-order valence-electron chi connectivity index (χ1n) is 7.02. The smallest absolute Gasteiger partial charge is 0.471 e. The van der Waals surface area contributed by atoms with E-state index in [1.54, 1.807) is 10.6 Å². The van der Waals surface area contributed by atoms with Crippen molar-refractivity contribution >= 4 is 27.9 Å². The monoisotopic (exact) mass is 401 g/mol. The summed E-state index contributed by atoms with van der Waals surface area (Å²) in [6.07, 6.45) is -1.53. The number of rotatable bonds is 4. The van der Waals surface area contributed by atoms with Crippen LogP contribution < -0.4 is 4.74 Å². The average molecular weight is 402 g/mol. The summed E-state index contributed by atoms with van der Waals surface area (Å²) in [7, 11) is 0. The molecule has 4 aromatic rings. The molecule has 0 bridgehead atoms. The normalized spacial score (nSPS) is 12.0. The molecular formula is C14H7ClF3N5O2S. The number of hydrogen-bond acceptors (Lipinski definition) is 7. The van der Waals surface area contributed by atoms with Crippen LogP contribution in [0.4, 0.5) is 13.2 Å². The zero-order valence-corrected chi connectivity index (χ0v) is 14.1. The first-order chi connectivity index (χ1) is 12.4. The van der Waals surface area contributed by atoms with Crippen LogP contribution in [0.25, 0.3) is 16.3 Å². The van der Waals surface area contributed by atoms with Crippen LogP contribution in [0.1, 0.15) is 11.6 Å². The van der Waals surface area contributed by atoms with Gasteiger partial charge in [0.15, 0.2) is 10.1 Å². The Kier molecular flexibility index (Phi) is 4.04. The Bertz CT molecular complexity index is 1070. The lowest BCUT2D eigenvalue weighted by Crippen LogP contribution is -2.04. The minimum Gasteiger partial charge on any atom is -0.471 e. The standard InChI is InChI=1S/C14H7ClF3N5O2S/c15-10-8(23-3-4-26-13(23)20-10)6-24-9-5-7(1-2-19-9)11-21-12(25-22-11)14(16,17)18/h1-5H,6H2. The highest BCUT2D eigenvalue weighted by molar-refractivity contribution is 7.15. The molecule has 0 fully saturated rings. The molecule has 7 nitrogen and oxygen atoms in total. The highest BCUT2D eigenvalue weighted by Gasteiger charge is 2.38. The lowest BCUT2D eigenvalue weighted by atomic mass is 10.2. The molecule has 0 aliphatic heterocycles. The van der Waals surface area contributed by atoms with E-state index in [0.717, 1.165) is 4.96 Å². The Morgan fingerprint density at radius 2 is 2.15 bits per heavy atom. The minimum atomic E-state index is -4.71. The molecule has 0 amide bonds. The van der Waals surface area contributed by atoms with Gasteiger partial charge in [-0.05, 0) is 6.07 Å². The number of ether oxygens (including phenoxy) is 1. The van der Waals surface area contributed by atoms with Crippen molar-refractivity contribution in [1.82, 2.24) is 24.5 Å². The number of aromatic nitrogens is 5. The lowest BCUT2D eigenvalue weighted by Gasteiger charge is -2.05. The van der Waals surface area contributed by atoms with Crippen molar-refractivity contribution < 1.29 is 22.4 Å². The summed E-state index contributed by atoms with van der Waals surface area (Å²) in [5.41, 5.74) is 0.906. The van der Waals surface area contributed by atoms with Gasteiger partial charge in [0.1, 0.15) is 6.61 Å². The number of halogens is 4. The number of nitrogens with zero attached hydrogens (tertiary/aromatic N) is 5. The summed E-state index contributed by atoms with van der Waals surface area (Å²) < 4.78 is 49.3. The van der Waals surface area contributed by atoms with Crippen molar-refractivity contribution in [3.63, 3.8) is 0 Å². The molecule has 0 saturated carbocycles. The number of hydrogen-bond donors (Lipinski definition) is 0. The molecule has 0 unspecified atom stereocenters. The fourth-order valence-electron chi connectivity index (χ4n) is 2.16. The van der Waals surface area contributed by atoms with E-state index in [1.807, 2.05) is 5.38 Å². The maximum absolute atomic E-state index is 12.6. The molecule has 0 aromatic carbocycles. The second-order valence-corrected chi connectivity index (χ2v) is 6.23. The van der Waals surface area contributed by atoms with Crippen LogP contribution in [0.15, 0.2) is 34.4 Å². The summed E-state index contributed by atoms with van der Waals surface area (Å²) >= 11 is 7.51. The Morgan fingerprint density at radius 1 is 1.31 bits per heavy atom. The van der Waals surface area contributed by atoms with E-state index in [0.29, 0.717) is 10.8 Å². The third-order valence-electron chi connectivity index (χ3n) is 3.33. The van der Waals surface area contributed by atoms with Crippen LogP contribution in [-0.4, -0.2) is 24.5 Å². The van der Waals surface area contributed by atoms with Gasteiger partial charge in [-0.15, -0.1) is 11.3 Å². The number of alkyl halides is 3. The van der Waals surface area contributed by atoms with Crippen molar-refractivity contribution in [1.29, 1.82) is 0 Å². The molecule has 12 heteroatoms. The van der Waals surface area contributed by atoms with Crippen molar-refractivity contribution in [2.75, 3.05) is 0 Å². The molecular weight excluding hydrogens is 395 g/mol. The van der Waals surface area contributed by atoms with Gasteiger partial charge in [-0.3, -0.25) is 4.40 Å². The Balaban J connectivity index is 1.55. The average Bonchev–Trinajstić information content (AvgIpc) is 3.29. The number of thiazole rings is 1. The summed E-state index contributed by atoms with van der Waals surface area (Å²) in [6, 6.07) is 2.85. The quantitative estimate of drug-likeness (QED) is 0.512. The van der Waals surface area contributed by atoms with Gasteiger partial charge < -0.3 is 9.26 Å². The van der Waals surface area contributed by atoms with Crippen molar-refractivity contribution in [2.24, 2.45) is 0 Å². The second-order valence-electron chi connectivity index (χ2n) is 5.00. The fourth-order valence-corrected chi connectivity index (χ4v) is 3.17. The van der Waals surface area contributed by atoms with E-state index in [4.69, 9.17) is 16.3 Å². The van der Waals surface area contributed by atoms with Gasteiger partial charge >= 0.3 is 12.1 Å². The zero-order chi connectivity index (χ0) is 18.3. The van der Waals surface area contributed by atoms with Gasteiger partial charge in [0, 0.05) is 29.4 Å². The van der Waals surface area contributed by atoms with Gasteiger partial charge in [-0.2, -0.15) is 18.2 Å². The van der Waals surface area contributed by atoms with E-state index < -0.39 is 12.1 Å². The molecule has 4 aromatic heterocycles. The van der Waals surface area contributed by atoms with E-state index in [-0.39, 0.29) is 23.9 Å². The highest BCUT2D eigenvalue weighted by atomic mass is 35.5. The SMILES string of the molecule is FC(F)(F)c1nc(-c2ccnc(OCc3c(Cl)nc4sccn34)c2)no1. The van der Waals surface area contributed by atoms with E-state index in [2.05, 4.69) is 24.6 Å². The Hall–Kier alpha value is -2.66. The summed E-state index contributed by atoms with van der Waals surface area (Å²) in [5.74, 6) is -1.47. The van der Waals surface area contributed by atoms with Crippen LogP contribution in [0, 0.1) is 0 Å². The number of imidazole rings is 1. The summed E-state index contributed by atoms with van der Waals surface area (Å²) in [6.45, 7) is 0.0766.